The molecule has 0 spiro atoms. The van der Waals surface area contributed by atoms with Crippen LogP contribution < -0.4 is 4.74 Å². The smallest absolute Gasteiger partial charge is 0.240 e. The Morgan fingerprint density at radius 2 is 1.85 bits per heavy atom. The number of methoxy groups -OCH3 is 1. The third kappa shape index (κ3) is 4.11. The first-order chi connectivity index (χ1) is 15.9. The van der Waals surface area contributed by atoms with E-state index in [0.717, 1.165) is 16.2 Å². The number of amides is 3. The lowest BCUT2D eigenvalue weighted by Crippen LogP contribution is -2.41. The number of nitrogens with zero attached hydrogens (tertiary/aromatic N) is 4. The second-order valence-electron chi connectivity index (χ2n) is 8.26. The van der Waals surface area contributed by atoms with E-state index in [2.05, 4.69) is 5.10 Å². The van der Waals surface area contributed by atoms with E-state index in [4.69, 9.17) is 4.74 Å². The van der Waals surface area contributed by atoms with Gasteiger partial charge in [0.15, 0.2) is 0 Å². The Bertz CT molecular complexity index is 1170. The molecule has 3 amide bonds. The normalized spacial score (nSPS) is 18.0. The Hall–Kier alpha value is -3.94. The first-order valence-electron chi connectivity index (χ1n) is 10.6. The summed E-state index contributed by atoms with van der Waals surface area (Å²) in [5, 5.41) is 4.21. The standard InChI is InChI=1S/C25H26N4O4/c1-27(17-18-9-11-19(12-10-18)29-14-6-13-26-29)22(30)15-25(16-23(31)28(2)24(25)32)20-7-4-5-8-21(20)33-3/h4-14H,15-17H2,1-3H3. The zero-order valence-electron chi connectivity index (χ0n) is 18.9. The van der Waals surface area contributed by atoms with Gasteiger partial charge in [0.25, 0.3) is 0 Å². The van der Waals surface area contributed by atoms with Crippen molar-refractivity contribution in [2.45, 2.75) is 24.8 Å². The second kappa shape index (κ2) is 8.90. The Balaban J connectivity index is 1.56. The van der Waals surface area contributed by atoms with Crippen LogP contribution in [0.1, 0.15) is 24.0 Å². The Morgan fingerprint density at radius 1 is 1.12 bits per heavy atom. The number of hydrogen-bond acceptors (Lipinski definition) is 5. The maximum atomic E-state index is 13.3. The van der Waals surface area contributed by atoms with Gasteiger partial charge in [0.2, 0.25) is 17.7 Å². The fourth-order valence-electron chi connectivity index (χ4n) is 4.30. The van der Waals surface area contributed by atoms with E-state index in [1.54, 1.807) is 47.1 Å². The molecule has 1 aromatic heterocycles. The molecule has 1 aliphatic rings. The number of hydrogen-bond donors (Lipinski definition) is 0. The van der Waals surface area contributed by atoms with Crippen LogP contribution >= 0.6 is 0 Å². The molecule has 170 valence electrons. The van der Waals surface area contributed by atoms with Gasteiger partial charge in [0, 0.05) is 51.4 Å². The van der Waals surface area contributed by atoms with Crippen molar-refractivity contribution in [3.8, 4) is 11.4 Å². The van der Waals surface area contributed by atoms with Gasteiger partial charge >= 0.3 is 0 Å². The highest BCUT2D eigenvalue weighted by atomic mass is 16.5. The van der Waals surface area contributed by atoms with E-state index in [1.807, 2.05) is 36.5 Å². The van der Waals surface area contributed by atoms with E-state index < -0.39 is 5.41 Å². The van der Waals surface area contributed by atoms with E-state index in [-0.39, 0.29) is 30.6 Å². The van der Waals surface area contributed by atoms with Gasteiger partial charge in [-0.1, -0.05) is 30.3 Å². The molecule has 1 saturated heterocycles. The van der Waals surface area contributed by atoms with Crippen LogP contribution in [0.15, 0.2) is 67.0 Å². The molecule has 1 unspecified atom stereocenters. The minimum absolute atomic E-state index is 0.0686. The monoisotopic (exact) mass is 446 g/mol. The summed E-state index contributed by atoms with van der Waals surface area (Å²) in [6.45, 7) is 0.373. The third-order valence-electron chi connectivity index (χ3n) is 6.17. The highest BCUT2D eigenvalue weighted by Crippen LogP contribution is 2.43. The lowest BCUT2D eigenvalue weighted by atomic mass is 9.75. The molecule has 0 aliphatic carbocycles. The van der Waals surface area contributed by atoms with E-state index in [0.29, 0.717) is 17.9 Å². The lowest BCUT2D eigenvalue weighted by Gasteiger charge is -2.30. The van der Waals surface area contributed by atoms with Crippen LogP contribution in [0.5, 0.6) is 5.75 Å². The summed E-state index contributed by atoms with van der Waals surface area (Å²) in [4.78, 5) is 41.7. The van der Waals surface area contributed by atoms with Gasteiger partial charge in [-0.25, -0.2) is 4.68 Å². The summed E-state index contributed by atoms with van der Waals surface area (Å²) >= 11 is 0. The maximum Gasteiger partial charge on any atom is 0.240 e. The summed E-state index contributed by atoms with van der Waals surface area (Å²) in [5.74, 6) is -0.440. The van der Waals surface area contributed by atoms with Crippen LogP contribution in [0.3, 0.4) is 0 Å². The molecular formula is C25H26N4O4. The van der Waals surface area contributed by atoms with Crippen molar-refractivity contribution in [3.63, 3.8) is 0 Å². The highest BCUT2D eigenvalue weighted by molar-refractivity contribution is 6.10. The van der Waals surface area contributed by atoms with Crippen LogP contribution in [0.4, 0.5) is 0 Å². The zero-order valence-corrected chi connectivity index (χ0v) is 18.9. The largest absolute Gasteiger partial charge is 0.496 e. The Morgan fingerprint density at radius 3 is 2.45 bits per heavy atom. The molecule has 8 heteroatoms. The molecule has 0 N–H and O–H groups in total. The number of aromatic nitrogens is 2. The SMILES string of the molecule is COc1ccccc1C1(CC(=O)N(C)Cc2ccc(-n3cccn3)cc2)CC(=O)N(C)C1=O. The molecule has 8 nitrogen and oxygen atoms in total. The molecule has 3 aromatic rings. The molecule has 1 fully saturated rings. The topological polar surface area (TPSA) is 84.7 Å². The molecule has 0 radical (unpaired) electrons. The molecule has 0 saturated carbocycles. The fraction of sp³-hybridized carbons (Fsp3) is 0.280. The van der Waals surface area contributed by atoms with Gasteiger partial charge < -0.3 is 9.64 Å². The fourth-order valence-corrected chi connectivity index (χ4v) is 4.30. The van der Waals surface area contributed by atoms with Crippen molar-refractivity contribution in [1.82, 2.24) is 19.6 Å². The summed E-state index contributed by atoms with van der Waals surface area (Å²) < 4.78 is 7.23. The molecule has 2 heterocycles. The van der Waals surface area contributed by atoms with Crippen molar-refractivity contribution < 1.29 is 19.1 Å². The van der Waals surface area contributed by atoms with Crippen molar-refractivity contribution in [1.29, 1.82) is 0 Å². The molecule has 1 atom stereocenters. The molecule has 33 heavy (non-hydrogen) atoms. The van der Waals surface area contributed by atoms with Crippen LogP contribution in [0.2, 0.25) is 0 Å². The van der Waals surface area contributed by atoms with Crippen LogP contribution in [0.25, 0.3) is 5.69 Å². The molecular weight excluding hydrogens is 420 g/mol. The van der Waals surface area contributed by atoms with E-state index >= 15 is 0 Å². The molecule has 0 bridgehead atoms. The number of rotatable bonds is 7. The van der Waals surface area contributed by atoms with E-state index in [1.165, 1.54) is 14.2 Å². The third-order valence-corrected chi connectivity index (χ3v) is 6.17. The number of likely N-dealkylation sites (N-methyl/N-ethyl adjacent to an activating group) is 1. The number of imide groups is 1. The molecule has 2 aromatic carbocycles. The van der Waals surface area contributed by atoms with Crippen LogP contribution in [-0.2, 0) is 26.3 Å². The van der Waals surface area contributed by atoms with E-state index in [9.17, 15) is 14.4 Å². The Labute approximate surface area is 192 Å². The van der Waals surface area contributed by atoms with Gasteiger partial charge in [-0.2, -0.15) is 5.10 Å². The van der Waals surface area contributed by atoms with Gasteiger partial charge in [0.1, 0.15) is 5.75 Å². The first kappa shape index (κ1) is 22.3. The second-order valence-corrected chi connectivity index (χ2v) is 8.26. The molecule has 4 rings (SSSR count). The van der Waals surface area contributed by atoms with Gasteiger partial charge in [-0.3, -0.25) is 19.3 Å². The molecule has 1 aliphatic heterocycles. The number of likely N-dealkylation sites (tertiary alicyclic amines) is 1. The average Bonchev–Trinajstić information content (AvgIpc) is 3.44. The number of para-hydroxylation sites is 1. The zero-order chi connectivity index (χ0) is 23.6. The number of ether oxygens (including phenoxy) is 1. The summed E-state index contributed by atoms with van der Waals surface area (Å²) in [7, 11) is 4.67. The predicted molar refractivity (Wildman–Crippen MR) is 122 cm³/mol. The van der Waals surface area contributed by atoms with Crippen molar-refractivity contribution in [3.05, 3.63) is 78.1 Å². The number of benzene rings is 2. The lowest BCUT2D eigenvalue weighted by molar-refractivity contribution is -0.141. The van der Waals surface area contributed by atoms with Gasteiger partial charge in [-0.05, 0) is 29.8 Å². The van der Waals surface area contributed by atoms with Gasteiger partial charge in [0.05, 0.1) is 18.2 Å². The summed E-state index contributed by atoms with van der Waals surface area (Å²) in [6, 6.07) is 16.7. The number of carbonyl (C=O) groups excluding carboxylic acids is 3. The maximum absolute atomic E-state index is 13.3. The summed E-state index contributed by atoms with van der Waals surface area (Å²) in [6.07, 6.45) is 3.38. The number of carbonyl (C=O) groups is 3. The van der Waals surface area contributed by atoms with Crippen LogP contribution in [-0.4, -0.2) is 58.5 Å². The average molecular weight is 447 g/mol. The van der Waals surface area contributed by atoms with Crippen molar-refractivity contribution in [2.75, 3.05) is 21.2 Å². The van der Waals surface area contributed by atoms with Crippen molar-refractivity contribution in [2.24, 2.45) is 0 Å². The van der Waals surface area contributed by atoms with Crippen LogP contribution in [0, 0.1) is 0 Å². The summed E-state index contributed by atoms with van der Waals surface area (Å²) in [5.41, 5.74) is 1.14. The quantitative estimate of drug-likeness (QED) is 0.521. The highest BCUT2D eigenvalue weighted by Gasteiger charge is 2.54. The minimum Gasteiger partial charge on any atom is -0.496 e. The minimum atomic E-state index is -1.28. The predicted octanol–water partition coefficient (Wildman–Crippen LogP) is 2.56. The van der Waals surface area contributed by atoms with Crippen molar-refractivity contribution >= 4 is 17.7 Å². The Kier molecular flexibility index (Phi) is 6.00. The first-order valence-corrected chi connectivity index (χ1v) is 10.6. The van der Waals surface area contributed by atoms with Gasteiger partial charge in [-0.15, -0.1) is 0 Å².